The van der Waals surface area contributed by atoms with E-state index in [1.54, 1.807) is 0 Å². The molecular weight excluding hydrogens is 1080 g/mol. The van der Waals surface area contributed by atoms with E-state index in [0.717, 1.165) is 137 Å². The SMILES string of the molecule is CCCCCC[C@H](O[C@@H]1OC[C@H](O[C@@H]2OC[C@H](O)[C@H](O[C@@H]3OC[C@H](OOC(C)=O)[C@H](OOC(C)=O)[C@H]3OOC(C)=O)[C@H]2O)[C@H](O)[C@H]1O)[C@@H](CCCCCCCC(=O)CCCCCCCCCCCC(=O)NCCCCN(C)C)OC(C)=O. The van der Waals surface area contributed by atoms with Crippen LogP contribution in [-0.2, 0) is 91.3 Å². The van der Waals surface area contributed by atoms with Crippen LogP contribution in [0.3, 0.4) is 0 Å². The van der Waals surface area contributed by atoms with Gasteiger partial charge in [-0.15, -0.1) is 0 Å². The first-order valence-electron chi connectivity index (χ1n) is 30.0. The Labute approximate surface area is 484 Å². The summed E-state index contributed by atoms with van der Waals surface area (Å²) in [5.74, 6) is -2.74. The third kappa shape index (κ3) is 30.0. The molecule has 3 fully saturated rings. The number of hydrogen-bond donors (Lipinski definition) is 5. The molecule has 3 heterocycles. The maximum Gasteiger partial charge on any atom is 0.339 e. The number of unbranched alkanes of at least 4 members (excludes halogenated alkanes) is 16. The number of nitrogens with one attached hydrogen (secondary N) is 1. The topological polar surface area (TPSA) is 319 Å². The maximum atomic E-state index is 12.6. The first kappa shape index (κ1) is 72.7. The summed E-state index contributed by atoms with van der Waals surface area (Å²) in [4.78, 5) is 104. The highest BCUT2D eigenvalue weighted by Gasteiger charge is 2.52. The summed E-state index contributed by atoms with van der Waals surface area (Å²) in [6.45, 7) is 6.96. The van der Waals surface area contributed by atoms with E-state index in [1.807, 2.05) is 0 Å². The van der Waals surface area contributed by atoms with Crippen LogP contribution in [0.15, 0.2) is 0 Å². The van der Waals surface area contributed by atoms with Gasteiger partial charge in [0.2, 0.25) is 5.91 Å². The van der Waals surface area contributed by atoms with Gasteiger partial charge in [-0.1, -0.05) is 96.8 Å². The molecule has 3 saturated heterocycles. The molecule has 3 aliphatic rings. The number of carbonyl (C=O) groups excluding carboxylic acids is 6. The Kier molecular flexibility index (Phi) is 37.5. The molecule has 14 atom stereocenters. The van der Waals surface area contributed by atoms with Gasteiger partial charge in [-0.05, 0) is 72.0 Å². The zero-order valence-electron chi connectivity index (χ0n) is 49.8. The van der Waals surface area contributed by atoms with E-state index in [9.17, 15) is 49.2 Å². The average Bonchev–Trinajstić information content (AvgIpc) is 3.52. The predicted molar refractivity (Wildman–Crippen MR) is 291 cm³/mol. The summed E-state index contributed by atoms with van der Waals surface area (Å²) >= 11 is 0. The average molecular weight is 1180 g/mol. The van der Waals surface area contributed by atoms with Crippen LogP contribution in [0.1, 0.15) is 195 Å². The molecule has 3 aliphatic heterocycles. The molecule has 3 rings (SSSR count). The second kappa shape index (κ2) is 42.3. The monoisotopic (exact) mass is 1180 g/mol. The van der Waals surface area contributed by atoms with Crippen molar-refractivity contribution in [3.05, 3.63) is 0 Å². The quantitative estimate of drug-likeness (QED) is 0.0227. The normalized spacial score (nSPS) is 26.4. The van der Waals surface area contributed by atoms with Gasteiger partial charge in [0.25, 0.3) is 0 Å². The second-order valence-electron chi connectivity index (χ2n) is 22.0. The fraction of sp³-hybridized carbons (Fsp3) is 0.895. The lowest BCUT2D eigenvalue weighted by Gasteiger charge is -2.45. The number of Topliss-reactive ketones (excluding diaryl/α,β-unsaturated/α-hetero) is 1. The highest BCUT2D eigenvalue weighted by molar-refractivity contribution is 5.78. The number of hydrogen-bond acceptors (Lipinski definition) is 24. The number of carbonyl (C=O) groups is 6. The summed E-state index contributed by atoms with van der Waals surface area (Å²) in [7, 11) is 4.11. The van der Waals surface area contributed by atoms with E-state index >= 15 is 0 Å². The number of amides is 1. The largest absolute Gasteiger partial charge is 0.460 e. The summed E-state index contributed by atoms with van der Waals surface area (Å²) in [5.41, 5.74) is 0. The number of aliphatic hydroxyl groups excluding tert-OH is 4. The van der Waals surface area contributed by atoms with Crippen molar-refractivity contribution in [2.75, 3.05) is 47.0 Å². The van der Waals surface area contributed by atoms with Gasteiger partial charge < -0.3 is 63.8 Å². The minimum atomic E-state index is -1.83. The Balaban J connectivity index is 1.44. The van der Waals surface area contributed by atoms with Gasteiger partial charge >= 0.3 is 23.9 Å². The van der Waals surface area contributed by atoms with Crippen molar-refractivity contribution in [3.8, 4) is 0 Å². The van der Waals surface area contributed by atoms with E-state index in [0.29, 0.717) is 44.3 Å². The molecule has 0 spiro atoms. The number of ketones is 1. The van der Waals surface area contributed by atoms with Gasteiger partial charge in [0.05, 0.1) is 25.9 Å². The third-order valence-electron chi connectivity index (χ3n) is 14.2. The maximum absolute atomic E-state index is 12.6. The van der Waals surface area contributed by atoms with E-state index in [4.69, 9.17) is 52.7 Å². The highest BCUT2D eigenvalue weighted by Crippen LogP contribution is 2.32. The summed E-state index contributed by atoms with van der Waals surface area (Å²) in [6.07, 6.45) is 2.13. The van der Waals surface area contributed by atoms with Gasteiger partial charge in [-0.2, -0.15) is 14.7 Å². The van der Waals surface area contributed by atoms with Crippen molar-refractivity contribution in [1.82, 2.24) is 10.2 Å². The van der Waals surface area contributed by atoms with Crippen LogP contribution >= 0.6 is 0 Å². The molecule has 1 amide bonds. The molecule has 476 valence electrons. The second-order valence-corrected chi connectivity index (χ2v) is 22.0. The molecule has 0 aliphatic carbocycles. The zero-order chi connectivity index (χ0) is 60.2. The Morgan fingerprint density at radius 3 is 1.60 bits per heavy atom. The number of esters is 1. The lowest BCUT2D eigenvalue weighted by atomic mass is 9.98. The molecule has 82 heavy (non-hydrogen) atoms. The van der Waals surface area contributed by atoms with E-state index in [-0.39, 0.29) is 12.5 Å². The van der Waals surface area contributed by atoms with Crippen LogP contribution in [0, 0.1) is 0 Å². The highest BCUT2D eigenvalue weighted by atomic mass is 17.3. The first-order valence-corrected chi connectivity index (χ1v) is 30.0. The Hall–Kier alpha value is -3.54. The number of nitrogens with zero attached hydrogens (tertiary/aromatic N) is 1. The minimum absolute atomic E-state index is 0.159. The van der Waals surface area contributed by atoms with Crippen molar-refractivity contribution in [3.63, 3.8) is 0 Å². The molecule has 0 aromatic heterocycles. The van der Waals surface area contributed by atoms with Crippen LogP contribution in [-0.4, -0.2) is 194 Å². The molecule has 0 aromatic rings. The smallest absolute Gasteiger partial charge is 0.339 e. The molecule has 0 radical (unpaired) electrons. The van der Waals surface area contributed by atoms with Crippen molar-refractivity contribution in [2.45, 2.75) is 281 Å². The summed E-state index contributed by atoms with van der Waals surface area (Å²) in [6, 6.07) is 0. The lowest BCUT2D eigenvalue weighted by Crippen LogP contribution is -2.63. The molecule has 25 nitrogen and oxygen atoms in total. The molecule has 0 unspecified atom stereocenters. The third-order valence-corrected chi connectivity index (χ3v) is 14.2. The van der Waals surface area contributed by atoms with Crippen LogP contribution in [0.2, 0.25) is 0 Å². The minimum Gasteiger partial charge on any atom is -0.460 e. The lowest BCUT2D eigenvalue weighted by molar-refractivity contribution is -0.448. The molecule has 0 aromatic carbocycles. The van der Waals surface area contributed by atoms with Crippen molar-refractivity contribution in [1.29, 1.82) is 0 Å². The standard InChI is InChI=1S/C57H100N2O23/c1-8-9-10-23-31-45(44(73-38(2)60)30-24-19-16-18-22-29-42(64)28-21-17-14-12-11-13-15-20-25-32-48(66)58-33-26-27-34-59(6)7)74-55-50(68)49(67)46(36-71-55)75-56-51(69)52(43(65)35-70-56)76-57-54(82-79-41(5)63)53(81-78-40(4)62)47(37-72-57)80-77-39(3)61/h43-47,49-57,65,67-69H,8-37H2,1-7H3,(H,58,66)/t43-,44+,45-,46-,47-,49-,50+,51+,52-,53-,54+,55-,56-,57-/m0/s1. The number of aliphatic hydroxyl groups is 4. The van der Waals surface area contributed by atoms with E-state index in [2.05, 4.69) is 41.0 Å². The zero-order valence-corrected chi connectivity index (χ0v) is 49.8. The van der Waals surface area contributed by atoms with E-state index < -0.39 is 123 Å². The van der Waals surface area contributed by atoms with Crippen molar-refractivity contribution >= 4 is 35.6 Å². The fourth-order valence-corrected chi connectivity index (χ4v) is 9.79. The van der Waals surface area contributed by atoms with Crippen molar-refractivity contribution in [2.24, 2.45) is 0 Å². The molecular formula is C57H100N2O23. The van der Waals surface area contributed by atoms with Crippen LogP contribution in [0.25, 0.3) is 0 Å². The van der Waals surface area contributed by atoms with Crippen molar-refractivity contribution < 1.29 is 112 Å². The number of rotatable bonds is 44. The summed E-state index contributed by atoms with van der Waals surface area (Å²) in [5, 5.41) is 48.3. The fourth-order valence-electron chi connectivity index (χ4n) is 9.79. The number of ether oxygens (including phenoxy) is 7. The van der Waals surface area contributed by atoms with Crippen LogP contribution < -0.4 is 5.32 Å². The molecule has 25 heteroatoms. The van der Waals surface area contributed by atoms with E-state index in [1.165, 1.54) is 26.2 Å². The molecule has 5 N–H and O–H groups in total. The Bertz CT molecular complexity index is 1800. The van der Waals surface area contributed by atoms with Crippen LogP contribution in [0.4, 0.5) is 0 Å². The van der Waals surface area contributed by atoms with Gasteiger partial charge in [-0.25, -0.2) is 14.4 Å². The Morgan fingerprint density at radius 2 is 1.01 bits per heavy atom. The summed E-state index contributed by atoms with van der Waals surface area (Å²) < 4.78 is 41.3. The Morgan fingerprint density at radius 1 is 0.500 bits per heavy atom. The van der Waals surface area contributed by atoms with Gasteiger partial charge in [0.1, 0.15) is 48.5 Å². The van der Waals surface area contributed by atoms with Gasteiger partial charge in [0.15, 0.2) is 37.2 Å². The van der Waals surface area contributed by atoms with Gasteiger partial charge in [0, 0.05) is 53.5 Å². The molecule has 0 saturated carbocycles. The molecule has 0 bridgehead atoms. The van der Waals surface area contributed by atoms with Gasteiger partial charge in [-0.3, -0.25) is 29.0 Å². The first-order chi connectivity index (χ1) is 39.3. The van der Waals surface area contributed by atoms with Crippen LogP contribution in [0.5, 0.6) is 0 Å². The predicted octanol–water partition coefficient (Wildman–Crippen LogP) is 5.20.